The molecule has 2 atom stereocenters. The van der Waals surface area contributed by atoms with E-state index in [1.54, 1.807) is 18.7 Å². The minimum atomic E-state index is -0.979. The SMILES string of the molecule is CCOC(=O)C(C[C@@H](C)[C@@H]1CCCN1C(=O)OCc1ccccc1)C(=O)OCC. The van der Waals surface area contributed by atoms with Crippen molar-refractivity contribution in [2.24, 2.45) is 11.8 Å². The summed E-state index contributed by atoms with van der Waals surface area (Å²) in [5, 5.41) is 0. The fraction of sp³-hybridized carbons (Fsp3) is 0.591. The first-order chi connectivity index (χ1) is 14.0. The summed E-state index contributed by atoms with van der Waals surface area (Å²) < 4.78 is 15.6. The Hall–Kier alpha value is -2.57. The number of ether oxygens (including phenoxy) is 3. The minimum Gasteiger partial charge on any atom is -0.465 e. The van der Waals surface area contributed by atoms with Crippen molar-refractivity contribution in [2.45, 2.75) is 52.7 Å². The van der Waals surface area contributed by atoms with Crippen LogP contribution in [0.4, 0.5) is 4.79 Å². The first kappa shape index (κ1) is 22.7. The quantitative estimate of drug-likeness (QED) is 0.355. The van der Waals surface area contributed by atoms with E-state index in [0.717, 1.165) is 18.4 Å². The van der Waals surface area contributed by atoms with Gasteiger partial charge in [-0.25, -0.2) is 4.79 Å². The van der Waals surface area contributed by atoms with Crippen LogP contribution in [0.2, 0.25) is 0 Å². The maximum Gasteiger partial charge on any atom is 0.410 e. The zero-order valence-electron chi connectivity index (χ0n) is 17.5. The van der Waals surface area contributed by atoms with Gasteiger partial charge in [0.25, 0.3) is 0 Å². The highest BCUT2D eigenvalue weighted by molar-refractivity contribution is 5.94. The summed E-state index contributed by atoms with van der Waals surface area (Å²) in [5.74, 6) is -2.21. The molecule has 0 N–H and O–H groups in total. The second kappa shape index (κ2) is 11.4. The van der Waals surface area contributed by atoms with Crippen molar-refractivity contribution in [3.8, 4) is 0 Å². The topological polar surface area (TPSA) is 82.1 Å². The van der Waals surface area contributed by atoms with Crippen LogP contribution in [0.25, 0.3) is 0 Å². The Morgan fingerprint density at radius 1 is 1.03 bits per heavy atom. The zero-order valence-corrected chi connectivity index (χ0v) is 17.5. The van der Waals surface area contributed by atoms with Crippen LogP contribution in [0.3, 0.4) is 0 Å². The number of likely N-dealkylation sites (tertiary alicyclic amines) is 1. The molecule has 0 bridgehead atoms. The molecule has 160 valence electrons. The van der Waals surface area contributed by atoms with E-state index in [-0.39, 0.29) is 44.3 Å². The maximum atomic E-state index is 12.6. The number of hydrogen-bond acceptors (Lipinski definition) is 6. The average Bonchev–Trinajstić information content (AvgIpc) is 3.21. The monoisotopic (exact) mass is 405 g/mol. The highest BCUT2D eigenvalue weighted by atomic mass is 16.6. The van der Waals surface area contributed by atoms with Gasteiger partial charge in [-0.3, -0.25) is 9.59 Å². The fourth-order valence-electron chi connectivity index (χ4n) is 3.72. The van der Waals surface area contributed by atoms with Crippen LogP contribution in [-0.4, -0.2) is 48.7 Å². The van der Waals surface area contributed by atoms with Crippen molar-refractivity contribution >= 4 is 18.0 Å². The van der Waals surface area contributed by atoms with Crippen LogP contribution in [0, 0.1) is 11.8 Å². The lowest BCUT2D eigenvalue weighted by atomic mass is 9.89. The number of amides is 1. The van der Waals surface area contributed by atoms with E-state index >= 15 is 0 Å². The summed E-state index contributed by atoms with van der Waals surface area (Å²) in [6.45, 7) is 6.56. The van der Waals surface area contributed by atoms with Gasteiger partial charge in [-0.2, -0.15) is 0 Å². The van der Waals surface area contributed by atoms with Crippen molar-refractivity contribution in [3.05, 3.63) is 35.9 Å². The van der Waals surface area contributed by atoms with Gasteiger partial charge >= 0.3 is 18.0 Å². The van der Waals surface area contributed by atoms with E-state index in [9.17, 15) is 14.4 Å². The smallest absolute Gasteiger partial charge is 0.410 e. The van der Waals surface area contributed by atoms with Crippen molar-refractivity contribution < 1.29 is 28.6 Å². The number of hydrogen-bond donors (Lipinski definition) is 0. The second-order valence-corrected chi connectivity index (χ2v) is 7.21. The summed E-state index contributed by atoms with van der Waals surface area (Å²) in [4.78, 5) is 38.8. The first-order valence-corrected chi connectivity index (χ1v) is 10.3. The molecule has 1 aliphatic heterocycles. The molecule has 2 rings (SSSR count). The second-order valence-electron chi connectivity index (χ2n) is 7.21. The average molecular weight is 405 g/mol. The third kappa shape index (κ3) is 6.48. The van der Waals surface area contributed by atoms with Gasteiger partial charge in [-0.1, -0.05) is 37.3 Å². The summed E-state index contributed by atoms with van der Waals surface area (Å²) in [5.41, 5.74) is 0.925. The molecule has 1 heterocycles. The molecule has 1 aliphatic rings. The van der Waals surface area contributed by atoms with E-state index in [2.05, 4.69) is 0 Å². The summed E-state index contributed by atoms with van der Waals surface area (Å²) in [6, 6.07) is 9.42. The molecular weight excluding hydrogens is 374 g/mol. The number of esters is 2. The number of carbonyl (C=O) groups is 3. The van der Waals surface area contributed by atoms with Gasteiger partial charge < -0.3 is 19.1 Å². The van der Waals surface area contributed by atoms with Gasteiger partial charge in [0.1, 0.15) is 6.61 Å². The van der Waals surface area contributed by atoms with E-state index in [4.69, 9.17) is 14.2 Å². The molecule has 7 nitrogen and oxygen atoms in total. The van der Waals surface area contributed by atoms with Crippen LogP contribution < -0.4 is 0 Å². The van der Waals surface area contributed by atoms with Crippen LogP contribution in [-0.2, 0) is 30.4 Å². The van der Waals surface area contributed by atoms with Gasteiger partial charge in [-0.15, -0.1) is 0 Å². The predicted octanol–water partition coefficient (Wildman–Crippen LogP) is 3.56. The molecule has 0 spiro atoms. The van der Waals surface area contributed by atoms with E-state index in [0.29, 0.717) is 6.54 Å². The molecule has 29 heavy (non-hydrogen) atoms. The molecule has 1 aromatic rings. The van der Waals surface area contributed by atoms with Crippen LogP contribution >= 0.6 is 0 Å². The highest BCUT2D eigenvalue weighted by Crippen LogP contribution is 2.30. The third-order valence-electron chi connectivity index (χ3n) is 5.15. The maximum absolute atomic E-state index is 12.6. The van der Waals surface area contributed by atoms with Gasteiger partial charge in [0, 0.05) is 12.6 Å². The lowest BCUT2D eigenvalue weighted by Gasteiger charge is -2.30. The van der Waals surface area contributed by atoms with E-state index in [1.165, 1.54) is 0 Å². The predicted molar refractivity (Wildman–Crippen MR) is 107 cm³/mol. The molecule has 0 unspecified atom stereocenters. The van der Waals surface area contributed by atoms with E-state index < -0.39 is 17.9 Å². The minimum absolute atomic E-state index is 0.0828. The molecule has 0 saturated carbocycles. The lowest BCUT2D eigenvalue weighted by Crippen LogP contribution is -2.41. The first-order valence-electron chi connectivity index (χ1n) is 10.3. The van der Waals surface area contributed by atoms with Crippen molar-refractivity contribution in [2.75, 3.05) is 19.8 Å². The van der Waals surface area contributed by atoms with Gasteiger partial charge in [-0.05, 0) is 44.6 Å². The molecule has 1 fully saturated rings. The Labute approximate surface area is 172 Å². The Balaban J connectivity index is 1.99. The molecular formula is C22H31NO6. The van der Waals surface area contributed by atoms with E-state index in [1.807, 2.05) is 37.3 Å². The normalized spacial score (nSPS) is 17.1. The molecule has 1 aromatic carbocycles. The number of carbonyl (C=O) groups excluding carboxylic acids is 3. The molecule has 1 amide bonds. The number of nitrogens with zero attached hydrogens (tertiary/aromatic N) is 1. The van der Waals surface area contributed by atoms with Crippen molar-refractivity contribution in [1.82, 2.24) is 4.90 Å². The Morgan fingerprint density at radius 2 is 1.66 bits per heavy atom. The summed E-state index contributed by atoms with van der Waals surface area (Å²) in [6.07, 6.45) is 1.57. The third-order valence-corrected chi connectivity index (χ3v) is 5.15. The van der Waals surface area contributed by atoms with Crippen molar-refractivity contribution in [3.63, 3.8) is 0 Å². The number of benzene rings is 1. The Kier molecular flexibility index (Phi) is 8.96. The molecule has 7 heteroatoms. The Bertz CT molecular complexity index is 659. The zero-order chi connectivity index (χ0) is 21.2. The standard InChI is InChI=1S/C22H31NO6/c1-4-27-20(24)18(21(25)28-5-2)14-16(3)19-12-9-13-23(19)22(26)29-15-17-10-7-6-8-11-17/h6-8,10-11,16,18-19H,4-5,9,12-15H2,1-3H3/t16-,19+/m1/s1. The van der Waals surface area contributed by atoms with Crippen LogP contribution in [0.5, 0.6) is 0 Å². The summed E-state index contributed by atoms with van der Waals surface area (Å²) in [7, 11) is 0. The fourth-order valence-corrected chi connectivity index (χ4v) is 3.72. The lowest BCUT2D eigenvalue weighted by molar-refractivity contribution is -0.162. The molecule has 0 aliphatic carbocycles. The Morgan fingerprint density at radius 3 is 2.24 bits per heavy atom. The number of rotatable bonds is 9. The molecule has 1 saturated heterocycles. The largest absolute Gasteiger partial charge is 0.465 e. The van der Waals surface area contributed by atoms with Gasteiger partial charge in [0.2, 0.25) is 0 Å². The summed E-state index contributed by atoms with van der Waals surface area (Å²) >= 11 is 0. The van der Waals surface area contributed by atoms with Gasteiger partial charge in [0.05, 0.1) is 13.2 Å². The van der Waals surface area contributed by atoms with Crippen LogP contribution in [0.1, 0.15) is 45.6 Å². The molecule has 0 aromatic heterocycles. The van der Waals surface area contributed by atoms with Crippen LogP contribution in [0.15, 0.2) is 30.3 Å². The van der Waals surface area contributed by atoms with Gasteiger partial charge in [0.15, 0.2) is 5.92 Å². The molecule has 0 radical (unpaired) electrons. The van der Waals surface area contributed by atoms with Crippen molar-refractivity contribution in [1.29, 1.82) is 0 Å². The highest BCUT2D eigenvalue weighted by Gasteiger charge is 2.38.